The Morgan fingerprint density at radius 3 is 2.52 bits per heavy atom. The smallest absolute Gasteiger partial charge is 0.231 e. The summed E-state index contributed by atoms with van der Waals surface area (Å²) >= 11 is 0. The summed E-state index contributed by atoms with van der Waals surface area (Å²) in [6, 6.07) is 13.0. The molecule has 0 bridgehead atoms. The zero-order valence-electron chi connectivity index (χ0n) is 11.9. The molecule has 2 aromatic carbocycles. The third-order valence-electron chi connectivity index (χ3n) is 3.38. The van der Waals surface area contributed by atoms with E-state index in [9.17, 15) is 5.11 Å². The molecule has 0 saturated heterocycles. The van der Waals surface area contributed by atoms with Gasteiger partial charge in [0, 0.05) is 0 Å². The summed E-state index contributed by atoms with van der Waals surface area (Å²) in [6.07, 6.45) is 0.279. The fourth-order valence-electron chi connectivity index (χ4n) is 2.24. The van der Waals surface area contributed by atoms with Crippen LogP contribution < -0.4 is 14.2 Å². The van der Waals surface area contributed by atoms with Crippen molar-refractivity contribution in [2.24, 2.45) is 0 Å². The zero-order chi connectivity index (χ0) is 14.7. The maximum Gasteiger partial charge on any atom is 0.231 e. The first kappa shape index (κ1) is 13.8. The molecule has 0 aromatic heterocycles. The van der Waals surface area contributed by atoms with Gasteiger partial charge >= 0.3 is 0 Å². The van der Waals surface area contributed by atoms with E-state index >= 15 is 0 Å². The molecule has 1 N–H and O–H groups in total. The van der Waals surface area contributed by atoms with Crippen molar-refractivity contribution in [2.45, 2.75) is 19.4 Å². The lowest BCUT2D eigenvalue weighted by Gasteiger charge is -2.13. The number of hydrogen-bond acceptors (Lipinski definition) is 4. The van der Waals surface area contributed by atoms with Crippen molar-refractivity contribution in [1.29, 1.82) is 0 Å². The van der Waals surface area contributed by atoms with Gasteiger partial charge < -0.3 is 19.3 Å². The van der Waals surface area contributed by atoms with Crippen LogP contribution in [0.3, 0.4) is 0 Å². The van der Waals surface area contributed by atoms with Gasteiger partial charge in [0.1, 0.15) is 11.9 Å². The normalized spacial score (nSPS) is 14.0. The molecule has 21 heavy (non-hydrogen) atoms. The predicted octanol–water partition coefficient (Wildman–Crippen LogP) is 3.29. The van der Waals surface area contributed by atoms with Gasteiger partial charge in [0.25, 0.3) is 0 Å². The molecular weight excluding hydrogens is 268 g/mol. The summed E-state index contributed by atoms with van der Waals surface area (Å²) < 4.78 is 16.1. The molecule has 1 aliphatic rings. The van der Waals surface area contributed by atoms with Crippen molar-refractivity contribution < 1.29 is 19.3 Å². The standard InChI is InChI=1S/C17H18O4/c1-2-9-19-14-6-3-12(4-7-14)17(18)13-5-8-15-16(10-13)21-11-20-15/h3-8,10,17-18H,2,9,11H2,1H3. The molecule has 0 fully saturated rings. The van der Waals surface area contributed by atoms with Crippen LogP contribution in [0.4, 0.5) is 0 Å². The van der Waals surface area contributed by atoms with Gasteiger partial charge in [-0.15, -0.1) is 0 Å². The molecule has 0 amide bonds. The molecule has 3 rings (SSSR count). The molecule has 1 heterocycles. The van der Waals surface area contributed by atoms with E-state index in [4.69, 9.17) is 14.2 Å². The first-order valence-corrected chi connectivity index (χ1v) is 7.08. The van der Waals surface area contributed by atoms with E-state index in [1.54, 1.807) is 0 Å². The SMILES string of the molecule is CCCOc1ccc(C(O)c2ccc3c(c2)OCO3)cc1. The van der Waals surface area contributed by atoms with E-state index in [1.807, 2.05) is 42.5 Å². The topological polar surface area (TPSA) is 47.9 Å². The molecule has 4 heteroatoms. The summed E-state index contributed by atoms with van der Waals surface area (Å²) in [5.74, 6) is 2.21. The van der Waals surface area contributed by atoms with Gasteiger partial charge in [0.15, 0.2) is 11.5 Å². The number of hydrogen-bond donors (Lipinski definition) is 1. The Morgan fingerprint density at radius 1 is 1.05 bits per heavy atom. The molecule has 1 unspecified atom stereocenters. The minimum absolute atomic E-state index is 0.234. The van der Waals surface area contributed by atoms with E-state index in [-0.39, 0.29) is 6.79 Å². The van der Waals surface area contributed by atoms with Crippen LogP contribution >= 0.6 is 0 Å². The van der Waals surface area contributed by atoms with Crippen molar-refractivity contribution in [2.75, 3.05) is 13.4 Å². The molecule has 0 spiro atoms. The van der Waals surface area contributed by atoms with Gasteiger partial charge in [0.05, 0.1) is 6.61 Å². The maximum atomic E-state index is 10.5. The summed E-state index contributed by atoms with van der Waals surface area (Å²) in [5.41, 5.74) is 1.60. The molecule has 1 atom stereocenters. The summed E-state index contributed by atoms with van der Waals surface area (Å²) in [7, 11) is 0. The number of fused-ring (bicyclic) bond motifs is 1. The van der Waals surface area contributed by atoms with Gasteiger partial charge in [-0.2, -0.15) is 0 Å². The third-order valence-corrected chi connectivity index (χ3v) is 3.38. The van der Waals surface area contributed by atoms with E-state index in [0.29, 0.717) is 18.1 Å². The van der Waals surface area contributed by atoms with Crippen LogP contribution in [-0.2, 0) is 0 Å². The Bertz CT molecular complexity index is 607. The Balaban J connectivity index is 1.76. The summed E-state index contributed by atoms with van der Waals surface area (Å²) in [6.45, 7) is 3.00. The van der Waals surface area contributed by atoms with Gasteiger partial charge in [0.2, 0.25) is 6.79 Å². The average molecular weight is 286 g/mol. The highest BCUT2D eigenvalue weighted by Gasteiger charge is 2.17. The first-order chi connectivity index (χ1) is 10.3. The van der Waals surface area contributed by atoms with Crippen LogP contribution in [0.2, 0.25) is 0 Å². The maximum absolute atomic E-state index is 10.5. The predicted molar refractivity (Wildman–Crippen MR) is 78.9 cm³/mol. The number of rotatable bonds is 5. The van der Waals surface area contributed by atoms with E-state index < -0.39 is 6.10 Å². The van der Waals surface area contributed by atoms with Gasteiger partial charge in [-0.25, -0.2) is 0 Å². The summed E-state index contributed by atoms with van der Waals surface area (Å²) in [4.78, 5) is 0. The Hall–Kier alpha value is -2.20. The van der Waals surface area contributed by atoms with Gasteiger partial charge in [-0.1, -0.05) is 25.1 Å². The molecule has 4 nitrogen and oxygen atoms in total. The fraction of sp³-hybridized carbons (Fsp3) is 0.294. The fourth-order valence-corrected chi connectivity index (χ4v) is 2.24. The average Bonchev–Trinajstić information content (AvgIpc) is 3.00. The molecule has 2 aromatic rings. The van der Waals surface area contributed by atoms with Crippen LogP contribution in [0.25, 0.3) is 0 Å². The monoisotopic (exact) mass is 286 g/mol. The van der Waals surface area contributed by atoms with Crippen LogP contribution in [-0.4, -0.2) is 18.5 Å². The Kier molecular flexibility index (Phi) is 3.97. The highest BCUT2D eigenvalue weighted by Crippen LogP contribution is 2.35. The number of aliphatic hydroxyl groups is 1. The lowest BCUT2D eigenvalue weighted by molar-refractivity contribution is 0.173. The number of aliphatic hydroxyl groups excluding tert-OH is 1. The van der Waals surface area contributed by atoms with Crippen LogP contribution in [0, 0.1) is 0 Å². The van der Waals surface area contributed by atoms with E-state index in [0.717, 1.165) is 23.3 Å². The van der Waals surface area contributed by atoms with Crippen molar-refractivity contribution in [1.82, 2.24) is 0 Å². The first-order valence-electron chi connectivity index (χ1n) is 7.08. The second kappa shape index (κ2) is 6.06. The quantitative estimate of drug-likeness (QED) is 0.916. The molecule has 110 valence electrons. The van der Waals surface area contributed by atoms with E-state index in [1.165, 1.54) is 0 Å². The minimum atomic E-state index is -0.695. The lowest BCUT2D eigenvalue weighted by atomic mass is 10.0. The largest absolute Gasteiger partial charge is 0.494 e. The molecular formula is C17H18O4. The zero-order valence-corrected chi connectivity index (χ0v) is 11.9. The lowest BCUT2D eigenvalue weighted by Crippen LogP contribution is -2.00. The van der Waals surface area contributed by atoms with Crippen LogP contribution in [0.5, 0.6) is 17.2 Å². The molecule has 0 aliphatic carbocycles. The molecule has 0 radical (unpaired) electrons. The van der Waals surface area contributed by atoms with Crippen molar-refractivity contribution in [3.05, 3.63) is 53.6 Å². The number of benzene rings is 2. The number of ether oxygens (including phenoxy) is 3. The third kappa shape index (κ3) is 2.95. The minimum Gasteiger partial charge on any atom is -0.494 e. The molecule has 0 saturated carbocycles. The Labute approximate surface area is 123 Å². The van der Waals surface area contributed by atoms with E-state index in [2.05, 4.69) is 6.92 Å². The van der Waals surface area contributed by atoms with Crippen LogP contribution in [0.1, 0.15) is 30.6 Å². The Morgan fingerprint density at radius 2 is 1.76 bits per heavy atom. The second-order valence-electron chi connectivity index (χ2n) is 4.93. The van der Waals surface area contributed by atoms with Gasteiger partial charge in [-0.05, 0) is 41.8 Å². The van der Waals surface area contributed by atoms with Gasteiger partial charge in [-0.3, -0.25) is 0 Å². The second-order valence-corrected chi connectivity index (χ2v) is 4.93. The highest BCUT2D eigenvalue weighted by molar-refractivity contribution is 5.46. The van der Waals surface area contributed by atoms with Crippen LogP contribution in [0.15, 0.2) is 42.5 Å². The van der Waals surface area contributed by atoms with Crippen molar-refractivity contribution in [3.63, 3.8) is 0 Å². The van der Waals surface area contributed by atoms with Crippen molar-refractivity contribution >= 4 is 0 Å². The molecule has 1 aliphatic heterocycles. The summed E-state index contributed by atoms with van der Waals surface area (Å²) in [5, 5.41) is 10.5. The van der Waals surface area contributed by atoms with Crippen molar-refractivity contribution in [3.8, 4) is 17.2 Å². The highest BCUT2D eigenvalue weighted by atomic mass is 16.7.